The average molecular weight is 371 g/mol. The van der Waals surface area contributed by atoms with Crippen LogP contribution in [0.15, 0.2) is 6.07 Å². The smallest absolute Gasteiger partial charge is 1.00 e. The van der Waals surface area contributed by atoms with Crippen molar-refractivity contribution in [3.63, 3.8) is 0 Å². The number of hydrogen-bond acceptors (Lipinski definition) is 0. The van der Waals surface area contributed by atoms with E-state index in [4.69, 9.17) is 5.73 Å². The van der Waals surface area contributed by atoms with Crippen LogP contribution in [0.5, 0.6) is 0 Å². The Morgan fingerprint density at radius 3 is 1.35 bits per heavy atom. The van der Waals surface area contributed by atoms with Gasteiger partial charge in [-0.05, 0) is 0 Å². The number of aryl methyl sites for hydroxylation is 2. The fraction of sp³-hybridized carbons (Fsp3) is 0.667. The van der Waals surface area contributed by atoms with Gasteiger partial charge in [-0.3, -0.25) is 0 Å². The summed E-state index contributed by atoms with van der Waals surface area (Å²) in [6.07, 6.45) is 0. The second-order valence-corrected chi connectivity index (χ2v) is 6.74. The van der Waals surface area contributed by atoms with Gasteiger partial charge in [0.1, 0.15) is 0 Å². The second kappa shape index (κ2) is 16.2. The van der Waals surface area contributed by atoms with Crippen molar-refractivity contribution in [1.82, 2.24) is 0 Å². The molecule has 1 nitrogen and oxygen atoms in total. The fourth-order valence-electron chi connectivity index (χ4n) is 1.13. The maximum Gasteiger partial charge on any atom is 4.00 e. The van der Waals surface area contributed by atoms with Gasteiger partial charge in [0, 0.05) is 9.52 Å². The molecule has 0 spiro atoms. The summed E-state index contributed by atoms with van der Waals surface area (Å²) in [5.74, 6) is 0. The first-order valence-electron chi connectivity index (χ1n) is 6.23. The maximum atomic E-state index is 6.94. The zero-order valence-corrected chi connectivity index (χ0v) is 18.6. The van der Waals surface area contributed by atoms with Crippen molar-refractivity contribution in [2.45, 2.75) is 67.1 Å². The Labute approximate surface area is 156 Å². The van der Waals surface area contributed by atoms with Crippen LogP contribution in [0.2, 0.25) is 13.1 Å². The minimum Gasteiger partial charge on any atom is -1.00 e. The van der Waals surface area contributed by atoms with E-state index in [0.29, 0.717) is 0 Å². The van der Waals surface area contributed by atoms with Crippen molar-refractivity contribution in [2.75, 3.05) is 0 Å². The first-order chi connectivity index (χ1) is 7.54. The third-order valence-corrected chi connectivity index (χ3v) is 2.18. The van der Waals surface area contributed by atoms with Crippen LogP contribution in [-0.2, 0) is 21.7 Å². The Kier molecular flexibility index (Phi) is 26.5. The normalized spacial score (nSPS) is 8.50. The van der Waals surface area contributed by atoms with Crippen molar-refractivity contribution in [3.05, 3.63) is 34.1 Å². The van der Waals surface area contributed by atoms with Gasteiger partial charge < -0.3 is 30.5 Å². The molecule has 0 heterocycles. The summed E-state index contributed by atoms with van der Waals surface area (Å²) in [5.41, 5.74) is 12.4. The predicted octanol–water partition coefficient (Wildman–Crippen LogP) is -0.999. The van der Waals surface area contributed by atoms with Crippen LogP contribution < -0.4 is 24.8 Å². The van der Waals surface area contributed by atoms with E-state index in [-0.39, 0.29) is 52.1 Å². The zero-order valence-electron chi connectivity index (χ0n) is 14.4. The summed E-state index contributed by atoms with van der Waals surface area (Å²) in [7, 11) is 0.750. The van der Waals surface area contributed by atoms with Crippen molar-refractivity contribution >= 4 is 9.52 Å². The summed E-state index contributed by atoms with van der Waals surface area (Å²) >= 11 is 0. The molecule has 1 radical (unpaired) electrons. The van der Waals surface area contributed by atoms with Gasteiger partial charge in [-0.1, -0.05) is 61.6 Å². The van der Waals surface area contributed by atoms with E-state index in [1.807, 2.05) is 20.8 Å². The van der Waals surface area contributed by atoms with Gasteiger partial charge in [-0.2, -0.15) is 28.3 Å². The monoisotopic (exact) mass is 370 g/mol. The van der Waals surface area contributed by atoms with Crippen LogP contribution in [0, 0.1) is 27.7 Å². The molecule has 1 aromatic carbocycles. The minimum absolute atomic E-state index is 0. The molecule has 0 unspecified atom stereocenters. The summed E-state index contributed by atoms with van der Waals surface area (Å²) in [5, 5.41) is 0. The summed E-state index contributed by atoms with van der Waals surface area (Å²) in [6.45, 7) is 18.7. The van der Waals surface area contributed by atoms with Crippen LogP contribution in [0.3, 0.4) is 0 Å². The van der Waals surface area contributed by atoms with E-state index in [1.165, 1.54) is 22.3 Å². The molecule has 20 heavy (non-hydrogen) atoms. The standard InChI is InChI=1S/C9H13.C4H10N.C2H7Si.2ClH.Ti/c1-6-5-7(2)9(4)8(6)3;1-4(2,3)5;1-3-2;;;/h5H,1-4H3;5H,1-3H3;3H,1-2H3;2*1H;/q2*-1;;;;+4/p-2. The molecular formula is C15H30Cl2NSiTi. The quantitative estimate of drug-likeness (QED) is 0.413. The van der Waals surface area contributed by atoms with E-state index in [1.54, 1.807) is 0 Å². The van der Waals surface area contributed by atoms with Crippen LogP contribution in [0.1, 0.15) is 43.0 Å². The van der Waals surface area contributed by atoms with Gasteiger partial charge in [0.15, 0.2) is 0 Å². The summed E-state index contributed by atoms with van der Waals surface area (Å²) in [6, 6.07) is 2.24. The van der Waals surface area contributed by atoms with Crippen molar-refractivity contribution in [1.29, 1.82) is 0 Å². The van der Waals surface area contributed by atoms with Gasteiger partial charge in [-0.25, -0.2) is 0 Å². The number of rotatable bonds is 0. The SMILES string of the molecule is CC(C)(C)[NH-].C[SiH]C.Cc1c[c-](C)c(C)c1C.[Cl-].[Cl-].[Ti+4]. The van der Waals surface area contributed by atoms with Crippen LogP contribution in [0.25, 0.3) is 5.73 Å². The summed E-state index contributed by atoms with van der Waals surface area (Å²) in [4.78, 5) is 0. The van der Waals surface area contributed by atoms with E-state index in [2.05, 4.69) is 46.9 Å². The van der Waals surface area contributed by atoms with Gasteiger partial charge in [-0.15, -0.1) is 5.54 Å². The van der Waals surface area contributed by atoms with E-state index >= 15 is 0 Å². The first kappa shape index (κ1) is 32.7. The molecule has 0 saturated carbocycles. The third kappa shape index (κ3) is 21.1. The minimum atomic E-state index is -0.250. The topological polar surface area (TPSA) is 23.8 Å². The molecule has 0 atom stereocenters. The van der Waals surface area contributed by atoms with E-state index in [9.17, 15) is 0 Å². The Morgan fingerprint density at radius 2 is 1.30 bits per heavy atom. The van der Waals surface area contributed by atoms with Crippen LogP contribution >= 0.6 is 0 Å². The molecule has 0 aliphatic rings. The maximum absolute atomic E-state index is 6.94. The Morgan fingerprint density at radius 1 is 1.05 bits per heavy atom. The molecule has 5 heteroatoms. The van der Waals surface area contributed by atoms with Crippen molar-refractivity contribution in [2.24, 2.45) is 0 Å². The fourth-order valence-corrected chi connectivity index (χ4v) is 1.13. The first-order valence-corrected chi connectivity index (χ1v) is 8.54. The predicted molar refractivity (Wildman–Crippen MR) is 83.9 cm³/mol. The van der Waals surface area contributed by atoms with Crippen molar-refractivity contribution < 1.29 is 46.5 Å². The largest absolute Gasteiger partial charge is 4.00 e. The average Bonchev–Trinajstić information content (AvgIpc) is 2.32. The molecule has 117 valence electrons. The van der Waals surface area contributed by atoms with Gasteiger partial charge in [0.05, 0.1) is 0 Å². The molecule has 0 fully saturated rings. The summed E-state index contributed by atoms with van der Waals surface area (Å²) < 4.78 is 0. The molecule has 0 amide bonds. The number of halogens is 2. The van der Waals surface area contributed by atoms with E-state index in [0.717, 1.165) is 9.52 Å². The molecule has 1 rings (SSSR count). The molecule has 0 aromatic heterocycles. The molecule has 1 aromatic rings. The van der Waals surface area contributed by atoms with Crippen molar-refractivity contribution in [3.8, 4) is 0 Å². The molecule has 0 saturated heterocycles. The van der Waals surface area contributed by atoms with E-state index < -0.39 is 0 Å². The molecule has 0 aliphatic heterocycles. The number of hydrogen-bond donors (Lipinski definition) is 0. The molecule has 0 aliphatic carbocycles. The second-order valence-electron chi connectivity index (χ2n) is 5.59. The Balaban J connectivity index is -0.0000000601. The van der Waals surface area contributed by atoms with Gasteiger partial charge in [0.2, 0.25) is 0 Å². The van der Waals surface area contributed by atoms with Gasteiger partial charge in [0.25, 0.3) is 0 Å². The Bertz CT molecular complexity index is 292. The van der Waals surface area contributed by atoms with Gasteiger partial charge >= 0.3 is 21.7 Å². The Hall–Kier alpha value is 0.821. The van der Waals surface area contributed by atoms with Crippen LogP contribution in [0.4, 0.5) is 0 Å². The molecular weight excluding hydrogens is 341 g/mol. The number of nitrogens with one attached hydrogen (secondary N) is 1. The zero-order chi connectivity index (χ0) is 14.2. The third-order valence-electron chi connectivity index (χ3n) is 2.18. The molecule has 1 N–H and O–H groups in total. The van der Waals surface area contributed by atoms with Crippen LogP contribution in [-0.4, -0.2) is 15.1 Å². The molecule has 0 bridgehead atoms.